The topological polar surface area (TPSA) is 34.1 Å². The molecule has 1 N–H and O–H groups in total. The maximum atomic E-state index is 6.20. The smallest absolute Gasteiger partial charge is 0.140 e. The Bertz CT molecular complexity index is 671. The molecule has 0 saturated carbocycles. The monoisotopic (exact) mass is 300 g/mol. The summed E-state index contributed by atoms with van der Waals surface area (Å²) in [5.41, 5.74) is 1.95. The minimum absolute atomic E-state index is 0.297. The fraction of sp³-hybridized carbons (Fsp3) is 0.471. The van der Waals surface area contributed by atoms with Crippen LogP contribution >= 0.6 is 11.3 Å². The molecule has 0 amide bonds. The van der Waals surface area contributed by atoms with Gasteiger partial charge < -0.3 is 10.1 Å². The van der Waals surface area contributed by atoms with Crippen LogP contribution < -0.4 is 10.1 Å². The Morgan fingerprint density at radius 3 is 2.95 bits per heavy atom. The van der Waals surface area contributed by atoms with Crippen molar-refractivity contribution in [3.05, 3.63) is 34.2 Å². The lowest BCUT2D eigenvalue weighted by atomic mass is 9.97. The molecule has 1 aromatic heterocycles. The highest BCUT2D eigenvalue weighted by Gasteiger charge is 2.37. The van der Waals surface area contributed by atoms with E-state index in [4.69, 9.17) is 9.72 Å². The predicted molar refractivity (Wildman–Crippen MR) is 85.8 cm³/mol. The zero-order valence-corrected chi connectivity index (χ0v) is 13.3. The molecule has 0 aliphatic carbocycles. The summed E-state index contributed by atoms with van der Waals surface area (Å²) in [5.74, 6) is 0.948. The maximum absolute atomic E-state index is 6.20. The third kappa shape index (κ3) is 2.17. The Hall–Kier alpha value is -1.39. The first-order valence-corrected chi connectivity index (χ1v) is 8.50. The van der Waals surface area contributed by atoms with Crippen LogP contribution in [0.2, 0.25) is 0 Å². The quantitative estimate of drug-likeness (QED) is 0.855. The van der Waals surface area contributed by atoms with Crippen molar-refractivity contribution in [2.24, 2.45) is 0 Å². The van der Waals surface area contributed by atoms with Gasteiger partial charge in [-0.25, -0.2) is 4.98 Å². The number of piperidine rings is 1. The van der Waals surface area contributed by atoms with E-state index in [1.165, 1.54) is 29.1 Å². The number of aromatic nitrogens is 1. The number of rotatable bonds is 1. The van der Waals surface area contributed by atoms with Crippen molar-refractivity contribution < 1.29 is 4.74 Å². The number of nitrogens with one attached hydrogen (secondary N) is 1. The lowest BCUT2D eigenvalue weighted by molar-refractivity contribution is 0.109. The number of benzene rings is 1. The van der Waals surface area contributed by atoms with Crippen LogP contribution in [0.5, 0.6) is 5.75 Å². The van der Waals surface area contributed by atoms with E-state index in [2.05, 4.69) is 31.3 Å². The van der Waals surface area contributed by atoms with Gasteiger partial charge in [0.1, 0.15) is 16.4 Å². The van der Waals surface area contributed by atoms with Crippen LogP contribution in [0.15, 0.2) is 24.3 Å². The number of thiazole rings is 1. The van der Waals surface area contributed by atoms with Crippen molar-refractivity contribution in [1.29, 1.82) is 0 Å². The van der Waals surface area contributed by atoms with Crippen molar-refractivity contribution in [3.63, 3.8) is 0 Å². The second-order valence-corrected chi connectivity index (χ2v) is 7.37. The second-order valence-electron chi connectivity index (χ2n) is 6.34. The van der Waals surface area contributed by atoms with Crippen molar-refractivity contribution >= 4 is 11.3 Å². The first-order chi connectivity index (χ1) is 10.1. The Morgan fingerprint density at radius 1 is 1.29 bits per heavy atom. The molecule has 1 unspecified atom stereocenters. The molecule has 4 heteroatoms. The van der Waals surface area contributed by atoms with Gasteiger partial charge in [-0.05, 0) is 45.4 Å². The average molecular weight is 300 g/mol. The van der Waals surface area contributed by atoms with E-state index >= 15 is 0 Å². The van der Waals surface area contributed by atoms with E-state index in [0.29, 0.717) is 6.04 Å². The molecule has 3 nitrogen and oxygen atoms in total. The van der Waals surface area contributed by atoms with Gasteiger partial charge in [-0.2, -0.15) is 0 Å². The fourth-order valence-corrected chi connectivity index (χ4v) is 4.44. The molecule has 2 aromatic rings. The predicted octanol–water partition coefficient (Wildman–Crippen LogP) is 4.25. The third-order valence-electron chi connectivity index (χ3n) is 4.31. The van der Waals surface area contributed by atoms with Crippen molar-refractivity contribution in [2.75, 3.05) is 6.54 Å². The molecule has 2 aliphatic rings. The van der Waals surface area contributed by atoms with Crippen LogP contribution in [-0.4, -0.2) is 11.5 Å². The fourth-order valence-electron chi connectivity index (χ4n) is 3.21. The highest BCUT2D eigenvalue weighted by molar-refractivity contribution is 7.12. The molecular weight excluding hydrogens is 280 g/mol. The summed E-state index contributed by atoms with van der Waals surface area (Å²) in [6, 6.07) is 8.65. The van der Waals surface area contributed by atoms with Crippen LogP contribution in [0, 0.1) is 0 Å². The number of fused-ring (bicyclic) bond motifs is 3. The number of nitrogens with zero attached hydrogens (tertiary/aromatic N) is 1. The highest BCUT2D eigenvalue weighted by Crippen LogP contribution is 2.48. The Morgan fingerprint density at radius 2 is 2.14 bits per heavy atom. The Kier molecular flexibility index (Phi) is 3.05. The van der Waals surface area contributed by atoms with Gasteiger partial charge in [-0.3, -0.25) is 0 Å². The lowest BCUT2D eigenvalue weighted by Gasteiger charge is -2.31. The largest absolute Gasteiger partial charge is 0.482 e. The van der Waals surface area contributed by atoms with Gasteiger partial charge in [0.2, 0.25) is 0 Å². The summed E-state index contributed by atoms with van der Waals surface area (Å²) in [6.45, 7) is 5.38. The Balaban J connectivity index is 1.82. The number of para-hydroxylation sites is 1. The summed E-state index contributed by atoms with van der Waals surface area (Å²) >= 11 is 1.81. The van der Waals surface area contributed by atoms with Crippen molar-refractivity contribution in [1.82, 2.24) is 10.3 Å². The molecule has 1 fully saturated rings. The zero-order chi connectivity index (χ0) is 14.4. The van der Waals surface area contributed by atoms with Crippen LogP contribution in [0.25, 0.3) is 11.3 Å². The number of hydrogen-bond donors (Lipinski definition) is 1. The van der Waals surface area contributed by atoms with E-state index in [-0.39, 0.29) is 5.60 Å². The molecule has 1 saturated heterocycles. The third-order valence-corrected chi connectivity index (χ3v) is 5.78. The van der Waals surface area contributed by atoms with Gasteiger partial charge in [0.05, 0.1) is 16.6 Å². The molecule has 0 spiro atoms. The summed E-state index contributed by atoms with van der Waals surface area (Å²) in [5, 5.41) is 4.82. The van der Waals surface area contributed by atoms with Crippen LogP contribution in [0.3, 0.4) is 0 Å². The summed E-state index contributed by atoms with van der Waals surface area (Å²) in [7, 11) is 0. The first kappa shape index (κ1) is 13.3. The van der Waals surface area contributed by atoms with Gasteiger partial charge in [-0.1, -0.05) is 18.6 Å². The summed E-state index contributed by atoms with van der Waals surface area (Å²) in [4.78, 5) is 6.24. The summed E-state index contributed by atoms with van der Waals surface area (Å²) in [6.07, 6.45) is 3.76. The van der Waals surface area contributed by atoms with E-state index in [1.54, 1.807) is 0 Å². The van der Waals surface area contributed by atoms with Crippen LogP contribution in [-0.2, 0) is 5.60 Å². The van der Waals surface area contributed by atoms with E-state index in [9.17, 15) is 0 Å². The molecular formula is C17H20N2OS. The average Bonchev–Trinajstić information content (AvgIpc) is 2.94. The van der Waals surface area contributed by atoms with Crippen LogP contribution in [0.4, 0.5) is 0 Å². The SMILES string of the molecule is CC1(C)Oc2ccccc2-c2nc(C3CCCCN3)sc21. The molecule has 3 heterocycles. The maximum Gasteiger partial charge on any atom is 0.140 e. The zero-order valence-electron chi connectivity index (χ0n) is 12.5. The van der Waals surface area contributed by atoms with E-state index in [1.807, 2.05) is 23.5 Å². The normalized spacial score (nSPS) is 23.0. The molecule has 1 atom stereocenters. The van der Waals surface area contributed by atoms with Gasteiger partial charge in [0.15, 0.2) is 0 Å². The highest BCUT2D eigenvalue weighted by atomic mass is 32.1. The first-order valence-electron chi connectivity index (χ1n) is 7.68. The number of ether oxygens (including phenoxy) is 1. The summed E-state index contributed by atoms with van der Waals surface area (Å²) < 4.78 is 6.20. The second kappa shape index (κ2) is 4.82. The molecule has 21 heavy (non-hydrogen) atoms. The standard InChI is InChI=1S/C17H20N2OS/c1-17(2)15-14(11-7-3-4-9-13(11)20-17)19-16(21-15)12-8-5-6-10-18-12/h3-4,7,9,12,18H,5-6,8,10H2,1-2H3. The van der Waals surface area contributed by atoms with Gasteiger partial charge in [-0.15, -0.1) is 11.3 Å². The van der Waals surface area contributed by atoms with Gasteiger partial charge in [0, 0.05) is 5.56 Å². The van der Waals surface area contributed by atoms with Gasteiger partial charge in [0.25, 0.3) is 0 Å². The molecule has 0 bridgehead atoms. The van der Waals surface area contributed by atoms with E-state index in [0.717, 1.165) is 23.6 Å². The molecule has 2 aliphatic heterocycles. The van der Waals surface area contributed by atoms with Gasteiger partial charge >= 0.3 is 0 Å². The van der Waals surface area contributed by atoms with Crippen LogP contribution in [0.1, 0.15) is 49.0 Å². The van der Waals surface area contributed by atoms with E-state index < -0.39 is 0 Å². The molecule has 4 rings (SSSR count). The number of hydrogen-bond acceptors (Lipinski definition) is 4. The molecule has 0 radical (unpaired) electrons. The minimum Gasteiger partial charge on any atom is -0.482 e. The van der Waals surface area contributed by atoms with Crippen molar-refractivity contribution in [2.45, 2.75) is 44.8 Å². The molecule has 110 valence electrons. The lowest BCUT2D eigenvalue weighted by Crippen LogP contribution is -2.27. The minimum atomic E-state index is -0.297. The van der Waals surface area contributed by atoms with Crippen molar-refractivity contribution in [3.8, 4) is 17.0 Å². The molecule has 1 aromatic carbocycles. The Labute approximate surface area is 129 Å².